The molecule has 1 saturated heterocycles. The van der Waals surface area contributed by atoms with Crippen LogP contribution in [0, 0.1) is 17.1 Å². The van der Waals surface area contributed by atoms with Crippen LogP contribution in [0.25, 0.3) is 0 Å². The van der Waals surface area contributed by atoms with Crippen molar-refractivity contribution >= 4 is 5.82 Å². The molecular weight excluding hydrogens is 319 g/mol. The van der Waals surface area contributed by atoms with E-state index in [0.717, 1.165) is 32.6 Å². The van der Waals surface area contributed by atoms with E-state index in [0.29, 0.717) is 23.5 Å². The molecule has 1 atom stereocenters. The van der Waals surface area contributed by atoms with Gasteiger partial charge in [0.15, 0.2) is 0 Å². The maximum atomic E-state index is 13.8. The van der Waals surface area contributed by atoms with E-state index in [4.69, 9.17) is 0 Å². The number of nitrogens with zero attached hydrogens (tertiary/aromatic N) is 4. The number of hydrogen-bond donors (Lipinski definition) is 1. The molecule has 1 aromatic carbocycles. The minimum atomic E-state index is -0.850. The van der Waals surface area contributed by atoms with Gasteiger partial charge in [0, 0.05) is 44.5 Å². The molecule has 0 aliphatic carbocycles. The summed E-state index contributed by atoms with van der Waals surface area (Å²) in [6.07, 6.45) is 1.74. The number of aliphatic hydroxyl groups excluding tert-OH is 1. The molecule has 0 saturated carbocycles. The average Bonchev–Trinajstić information content (AvgIpc) is 2.87. The van der Waals surface area contributed by atoms with Gasteiger partial charge in [-0.25, -0.2) is 9.37 Å². The van der Waals surface area contributed by atoms with Crippen molar-refractivity contribution in [2.75, 3.05) is 37.6 Å². The molecule has 2 aromatic rings. The zero-order valence-electron chi connectivity index (χ0n) is 14.0. The summed E-state index contributed by atoms with van der Waals surface area (Å²) in [6, 6.07) is 12.1. The molecule has 1 aromatic heterocycles. The van der Waals surface area contributed by atoms with Crippen LogP contribution in [0.4, 0.5) is 10.2 Å². The molecular formula is C19H21FN4O. The van der Waals surface area contributed by atoms with Gasteiger partial charge < -0.3 is 10.0 Å². The van der Waals surface area contributed by atoms with Crippen LogP contribution in [0.5, 0.6) is 0 Å². The Hall–Kier alpha value is -2.49. The van der Waals surface area contributed by atoms with Crippen LogP contribution in [0.3, 0.4) is 0 Å². The second kappa shape index (κ2) is 8.06. The summed E-state index contributed by atoms with van der Waals surface area (Å²) >= 11 is 0. The van der Waals surface area contributed by atoms with Crippen molar-refractivity contribution in [3.8, 4) is 6.07 Å². The Bertz CT molecular complexity index is 761. The summed E-state index contributed by atoms with van der Waals surface area (Å²) in [5.41, 5.74) is 0.905. The standard InChI is InChI=1S/C19H21FN4O/c20-17-7-2-1-6-16(17)18(25)14-23-9-4-10-24(12-11-23)19-15(13-21)5-3-8-22-19/h1-3,5-8,18,25H,4,9-12,14H2. The third-order valence-corrected chi connectivity index (χ3v) is 4.49. The lowest BCUT2D eigenvalue weighted by Crippen LogP contribution is -2.34. The lowest BCUT2D eigenvalue weighted by atomic mass is 10.1. The summed E-state index contributed by atoms with van der Waals surface area (Å²) < 4.78 is 13.8. The summed E-state index contributed by atoms with van der Waals surface area (Å²) in [4.78, 5) is 8.58. The Kier molecular flexibility index (Phi) is 5.59. The van der Waals surface area contributed by atoms with Gasteiger partial charge in [0.05, 0.1) is 11.7 Å². The number of halogens is 1. The van der Waals surface area contributed by atoms with Gasteiger partial charge in [-0.15, -0.1) is 0 Å². The molecule has 25 heavy (non-hydrogen) atoms. The number of aliphatic hydroxyl groups is 1. The molecule has 1 fully saturated rings. The van der Waals surface area contributed by atoms with Crippen LogP contribution in [0.1, 0.15) is 23.7 Å². The predicted molar refractivity (Wildman–Crippen MR) is 93.6 cm³/mol. The number of rotatable bonds is 4. The van der Waals surface area contributed by atoms with Gasteiger partial charge in [-0.2, -0.15) is 5.26 Å². The van der Waals surface area contributed by atoms with Crippen LogP contribution in [-0.2, 0) is 0 Å². The molecule has 1 unspecified atom stereocenters. The first-order valence-corrected chi connectivity index (χ1v) is 8.44. The molecule has 1 aliphatic heterocycles. The maximum absolute atomic E-state index is 13.8. The highest BCUT2D eigenvalue weighted by molar-refractivity contribution is 5.53. The van der Waals surface area contributed by atoms with Crippen LogP contribution >= 0.6 is 0 Å². The number of aromatic nitrogens is 1. The van der Waals surface area contributed by atoms with E-state index in [-0.39, 0.29) is 5.82 Å². The summed E-state index contributed by atoms with van der Waals surface area (Å²) in [7, 11) is 0. The SMILES string of the molecule is N#Cc1cccnc1N1CCCN(CC(O)c2ccccc2F)CC1. The first kappa shape index (κ1) is 17.3. The largest absolute Gasteiger partial charge is 0.387 e. The number of benzene rings is 1. The first-order valence-electron chi connectivity index (χ1n) is 8.44. The molecule has 130 valence electrons. The summed E-state index contributed by atoms with van der Waals surface area (Å²) in [5.74, 6) is 0.333. The van der Waals surface area contributed by atoms with Gasteiger partial charge in [-0.3, -0.25) is 4.90 Å². The monoisotopic (exact) mass is 340 g/mol. The van der Waals surface area contributed by atoms with Gasteiger partial charge in [0.2, 0.25) is 0 Å². The van der Waals surface area contributed by atoms with Crippen molar-refractivity contribution in [3.63, 3.8) is 0 Å². The van der Waals surface area contributed by atoms with Crippen LogP contribution in [-0.4, -0.2) is 47.7 Å². The molecule has 1 aliphatic rings. The number of hydrogen-bond acceptors (Lipinski definition) is 5. The minimum absolute atomic E-state index is 0.333. The summed E-state index contributed by atoms with van der Waals surface area (Å²) in [5, 5.41) is 19.6. The van der Waals surface area contributed by atoms with Crippen molar-refractivity contribution < 1.29 is 9.50 Å². The van der Waals surface area contributed by atoms with E-state index in [9.17, 15) is 14.8 Å². The van der Waals surface area contributed by atoms with Gasteiger partial charge in [-0.05, 0) is 24.6 Å². The molecule has 3 rings (SSSR count). The van der Waals surface area contributed by atoms with Crippen molar-refractivity contribution in [3.05, 3.63) is 59.5 Å². The predicted octanol–water partition coefficient (Wildman–Crippen LogP) is 2.34. The average molecular weight is 340 g/mol. The van der Waals surface area contributed by atoms with E-state index >= 15 is 0 Å². The highest BCUT2D eigenvalue weighted by Crippen LogP contribution is 2.21. The third kappa shape index (κ3) is 4.13. The Morgan fingerprint density at radius 2 is 2.00 bits per heavy atom. The number of anilines is 1. The Morgan fingerprint density at radius 1 is 1.16 bits per heavy atom. The molecule has 1 N–H and O–H groups in total. The quantitative estimate of drug-likeness (QED) is 0.925. The highest BCUT2D eigenvalue weighted by atomic mass is 19.1. The first-order chi connectivity index (χ1) is 12.2. The van der Waals surface area contributed by atoms with Crippen molar-refractivity contribution in [2.24, 2.45) is 0 Å². The minimum Gasteiger partial charge on any atom is -0.387 e. The number of pyridine rings is 1. The smallest absolute Gasteiger partial charge is 0.146 e. The zero-order chi connectivity index (χ0) is 17.6. The second-order valence-electron chi connectivity index (χ2n) is 6.16. The number of nitriles is 1. The fourth-order valence-corrected chi connectivity index (χ4v) is 3.19. The van der Waals surface area contributed by atoms with Gasteiger partial charge in [0.25, 0.3) is 0 Å². The molecule has 0 bridgehead atoms. The fourth-order valence-electron chi connectivity index (χ4n) is 3.19. The van der Waals surface area contributed by atoms with Gasteiger partial charge in [-0.1, -0.05) is 18.2 Å². The second-order valence-corrected chi connectivity index (χ2v) is 6.16. The normalized spacial score (nSPS) is 16.9. The van der Waals surface area contributed by atoms with Crippen LogP contribution < -0.4 is 4.90 Å². The van der Waals surface area contributed by atoms with Crippen molar-refractivity contribution in [2.45, 2.75) is 12.5 Å². The lowest BCUT2D eigenvalue weighted by Gasteiger charge is -2.25. The van der Waals surface area contributed by atoms with E-state index in [1.807, 2.05) is 0 Å². The van der Waals surface area contributed by atoms with Crippen LogP contribution in [0.15, 0.2) is 42.6 Å². The number of β-amino-alcohol motifs (C(OH)–C–C–N with tert-alkyl or cyclic N) is 1. The third-order valence-electron chi connectivity index (χ3n) is 4.49. The molecule has 2 heterocycles. The highest BCUT2D eigenvalue weighted by Gasteiger charge is 2.21. The van der Waals surface area contributed by atoms with E-state index in [1.165, 1.54) is 6.07 Å². The van der Waals surface area contributed by atoms with Crippen molar-refractivity contribution in [1.82, 2.24) is 9.88 Å². The van der Waals surface area contributed by atoms with Gasteiger partial charge >= 0.3 is 0 Å². The molecule has 5 nitrogen and oxygen atoms in total. The maximum Gasteiger partial charge on any atom is 0.146 e. The Morgan fingerprint density at radius 3 is 2.80 bits per heavy atom. The molecule has 0 spiro atoms. The Balaban J connectivity index is 1.64. The molecule has 0 radical (unpaired) electrons. The van der Waals surface area contributed by atoms with E-state index in [1.54, 1.807) is 36.5 Å². The summed E-state index contributed by atoms with van der Waals surface area (Å²) in [6.45, 7) is 3.46. The zero-order valence-corrected chi connectivity index (χ0v) is 14.0. The lowest BCUT2D eigenvalue weighted by molar-refractivity contribution is 0.114. The van der Waals surface area contributed by atoms with E-state index in [2.05, 4.69) is 20.9 Å². The fraction of sp³-hybridized carbons (Fsp3) is 0.368. The van der Waals surface area contributed by atoms with Crippen molar-refractivity contribution in [1.29, 1.82) is 5.26 Å². The molecule has 0 amide bonds. The topological polar surface area (TPSA) is 63.4 Å². The van der Waals surface area contributed by atoms with E-state index < -0.39 is 6.10 Å². The van der Waals surface area contributed by atoms with Crippen LogP contribution in [0.2, 0.25) is 0 Å². The molecule has 6 heteroatoms. The van der Waals surface area contributed by atoms with Gasteiger partial charge in [0.1, 0.15) is 17.7 Å². The Labute approximate surface area is 146 Å².